The minimum absolute atomic E-state index is 0.387. The first-order valence-corrected chi connectivity index (χ1v) is 15.5. The van der Waals surface area contributed by atoms with E-state index in [0.717, 1.165) is 26.2 Å². The molecule has 1 atom stereocenters. The first kappa shape index (κ1) is 20.3. The van der Waals surface area contributed by atoms with E-state index in [9.17, 15) is 4.39 Å². The molecule has 3 nitrogen and oxygen atoms in total. The summed E-state index contributed by atoms with van der Waals surface area (Å²) < 4.78 is 27.5. The quantitative estimate of drug-likeness (QED) is 0.262. The predicted octanol–water partition coefficient (Wildman–Crippen LogP) is 4.54. The molecule has 1 unspecified atom stereocenters. The summed E-state index contributed by atoms with van der Waals surface area (Å²) in [6, 6.07) is 5.43. The van der Waals surface area contributed by atoms with Crippen molar-refractivity contribution in [3.63, 3.8) is 0 Å². The van der Waals surface area contributed by atoms with Crippen LogP contribution >= 0.6 is 0 Å². The van der Waals surface area contributed by atoms with Crippen LogP contribution < -0.4 is 0 Å². The van der Waals surface area contributed by atoms with Crippen molar-refractivity contribution in [1.29, 1.82) is 0 Å². The molecule has 0 N–H and O–H groups in total. The highest BCUT2D eigenvalue weighted by molar-refractivity contribution is 6.82. The summed E-state index contributed by atoms with van der Waals surface area (Å²) in [6.45, 7) is 12.4. The van der Waals surface area contributed by atoms with Gasteiger partial charge in [0.15, 0.2) is 6.86 Å². The van der Waals surface area contributed by atoms with Crippen molar-refractivity contribution in [2.45, 2.75) is 69.3 Å². The predicted molar refractivity (Wildman–Crippen MR) is 95.9 cm³/mol. The molecule has 0 bridgehead atoms. The van der Waals surface area contributed by atoms with E-state index < -0.39 is 23.0 Å². The minimum Gasteiger partial charge on any atom is -0.379 e. The van der Waals surface area contributed by atoms with Crippen LogP contribution in [0.15, 0.2) is 0 Å². The molecule has 1 rings (SSSR count). The van der Waals surface area contributed by atoms with Gasteiger partial charge < -0.3 is 14.2 Å². The lowest BCUT2D eigenvalue weighted by molar-refractivity contribution is 0.0583. The van der Waals surface area contributed by atoms with Crippen LogP contribution in [0.3, 0.4) is 0 Å². The Morgan fingerprint density at radius 2 is 1.41 bits per heavy atom. The van der Waals surface area contributed by atoms with Crippen LogP contribution in [-0.4, -0.2) is 55.5 Å². The fourth-order valence-electron chi connectivity index (χ4n) is 2.67. The van der Waals surface area contributed by atoms with Crippen LogP contribution in [0.2, 0.25) is 50.4 Å². The first-order valence-electron chi connectivity index (χ1n) is 8.68. The molecule has 0 saturated carbocycles. The highest BCUT2D eigenvalue weighted by Gasteiger charge is 2.27. The second kappa shape index (κ2) is 10.2. The van der Waals surface area contributed by atoms with E-state index in [4.69, 9.17) is 14.2 Å². The average molecular weight is 351 g/mol. The fourth-order valence-corrected chi connectivity index (χ4v) is 10.8. The third-order valence-electron chi connectivity index (χ3n) is 4.55. The third-order valence-corrected chi connectivity index (χ3v) is 11.7. The molecule has 0 aromatic carbocycles. The maximum atomic E-state index is 11.9. The largest absolute Gasteiger partial charge is 0.379 e. The zero-order valence-corrected chi connectivity index (χ0v) is 17.0. The topological polar surface area (TPSA) is 31.0 Å². The van der Waals surface area contributed by atoms with E-state index in [0.29, 0.717) is 12.7 Å². The van der Waals surface area contributed by atoms with Gasteiger partial charge in [0.2, 0.25) is 0 Å². The molecule has 1 heterocycles. The van der Waals surface area contributed by atoms with E-state index >= 15 is 0 Å². The van der Waals surface area contributed by atoms with Gasteiger partial charge in [-0.15, -0.1) is 0 Å². The van der Waals surface area contributed by atoms with E-state index in [1.165, 1.54) is 30.6 Å². The van der Waals surface area contributed by atoms with Crippen LogP contribution in [0.25, 0.3) is 0 Å². The zero-order chi connectivity index (χ0) is 16.5. The number of rotatable bonds is 14. The third kappa shape index (κ3) is 10.9. The van der Waals surface area contributed by atoms with Crippen LogP contribution in [0.1, 0.15) is 12.8 Å². The molecule has 1 saturated heterocycles. The smallest absolute Gasteiger partial charge is 0.188 e. The lowest BCUT2D eigenvalue weighted by Gasteiger charge is -2.29. The monoisotopic (exact) mass is 350 g/mol. The number of epoxide rings is 1. The summed E-state index contributed by atoms with van der Waals surface area (Å²) in [6.07, 6.45) is 2.60. The molecule has 0 aliphatic carbocycles. The molecular weight excluding hydrogens is 315 g/mol. The lowest BCUT2D eigenvalue weighted by atomic mass is 10.5. The fraction of sp³-hybridized carbons (Fsp3) is 1.00. The van der Waals surface area contributed by atoms with Gasteiger partial charge in [-0.05, 0) is 12.8 Å². The molecule has 1 fully saturated rings. The first-order chi connectivity index (χ1) is 10.3. The van der Waals surface area contributed by atoms with E-state index in [1.807, 2.05) is 0 Å². The van der Waals surface area contributed by atoms with Gasteiger partial charge in [-0.3, -0.25) is 0 Å². The second-order valence-corrected chi connectivity index (χ2v) is 18.7. The van der Waals surface area contributed by atoms with Crippen LogP contribution in [0.4, 0.5) is 4.39 Å². The molecule has 0 radical (unpaired) electrons. The van der Waals surface area contributed by atoms with Crippen molar-refractivity contribution >= 4 is 16.1 Å². The van der Waals surface area contributed by atoms with Gasteiger partial charge in [-0.2, -0.15) is 0 Å². The normalized spacial score (nSPS) is 18.7. The number of alkyl halides is 1. The summed E-state index contributed by atoms with van der Waals surface area (Å²) in [5.41, 5.74) is 0. The molecule has 0 spiro atoms. The second-order valence-electron chi connectivity index (χ2n) is 8.08. The average Bonchev–Trinajstić information content (AvgIpc) is 3.26. The van der Waals surface area contributed by atoms with Crippen molar-refractivity contribution in [2.75, 3.05) is 33.3 Å². The summed E-state index contributed by atoms with van der Waals surface area (Å²) in [7, 11) is -2.24. The highest BCUT2D eigenvalue weighted by Crippen LogP contribution is 2.27. The summed E-state index contributed by atoms with van der Waals surface area (Å²) >= 11 is 0. The molecule has 0 amide bonds. The Labute approximate surface area is 137 Å². The van der Waals surface area contributed by atoms with E-state index in [2.05, 4.69) is 26.2 Å². The van der Waals surface area contributed by atoms with E-state index in [-0.39, 0.29) is 0 Å². The number of hydrogen-bond donors (Lipinski definition) is 0. The molecule has 6 heteroatoms. The molecular formula is C16H35FO3Si2. The molecule has 132 valence electrons. The molecule has 1 aliphatic heterocycles. The van der Waals surface area contributed by atoms with Gasteiger partial charge in [0, 0.05) is 29.4 Å². The summed E-state index contributed by atoms with van der Waals surface area (Å²) in [4.78, 5) is 0. The summed E-state index contributed by atoms with van der Waals surface area (Å²) in [5, 5.41) is 0. The van der Waals surface area contributed by atoms with Gasteiger partial charge in [0.25, 0.3) is 0 Å². The molecule has 22 heavy (non-hydrogen) atoms. The lowest BCUT2D eigenvalue weighted by Crippen LogP contribution is -2.32. The Bertz CT molecular complexity index is 297. The van der Waals surface area contributed by atoms with Crippen molar-refractivity contribution in [3.8, 4) is 0 Å². The Kier molecular flexibility index (Phi) is 9.39. The maximum Gasteiger partial charge on any atom is 0.188 e. The van der Waals surface area contributed by atoms with Crippen LogP contribution in [-0.2, 0) is 14.2 Å². The zero-order valence-electron chi connectivity index (χ0n) is 15.0. The minimum atomic E-state index is -1.14. The van der Waals surface area contributed by atoms with Crippen molar-refractivity contribution in [2.24, 2.45) is 0 Å². The summed E-state index contributed by atoms with van der Waals surface area (Å²) in [5.74, 6) is 0. The van der Waals surface area contributed by atoms with Gasteiger partial charge in [-0.25, -0.2) is 4.39 Å². The van der Waals surface area contributed by atoms with Gasteiger partial charge in [0.05, 0.1) is 13.2 Å². The van der Waals surface area contributed by atoms with Crippen molar-refractivity contribution in [1.82, 2.24) is 0 Å². The Morgan fingerprint density at radius 1 is 0.909 bits per heavy atom. The van der Waals surface area contributed by atoms with Crippen molar-refractivity contribution < 1.29 is 18.6 Å². The van der Waals surface area contributed by atoms with Crippen LogP contribution in [0, 0.1) is 0 Å². The number of hydrogen-bond acceptors (Lipinski definition) is 3. The molecule has 0 aromatic rings. The Hall–Kier alpha value is 0.244. The van der Waals surface area contributed by atoms with Crippen LogP contribution in [0.5, 0.6) is 0 Å². The number of ether oxygens (including phenoxy) is 3. The van der Waals surface area contributed by atoms with E-state index in [1.54, 1.807) is 0 Å². The molecule has 1 aliphatic rings. The maximum absolute atomic E-state index is 11.9. The number of halogens is 1. The Balaban J connectivity index is 2.07. The van der Waals surface area contributed by atoms with Crippen molar-refractivity contribution in [3.05, 3.63) is 0 Å². The molecule has 0 aromatic heterocycles. The SMILES string of the molecule is C[Si](C)(CCCOCF)CC[Si](C)(C)CCCOCC1CO1. The van der Waals surface area contributed by atoms with Gasteiger partial charge in [0.1, 0.15) is 6.10 Å². The van der Waals surface area contributed by atoms with Gasteiger partial charge >= 0.3 is 0 Å². The Morgan fingerprint density at radius 3 is 1.86 bits per heavy atom. The highest BCUT2D eigenvalue weighted by atomic mass is 28.3. The van der Waals surface area contributed by atoms with Gasteiger partial charge in [-0.1, -0.05) is 50.4 Å². The standard InChI is InChI=1S/C16H35FO3Si2/c1-21(2,9-5-7-18-13-16-14-20-16)11-12-22(3,4)10-6-8-19-15-17/h16H,5-15H2,1-4H3.